The molecule has 1 atom stereocenters. The van der Waals surface area contributed by atoms with E-state index in [1.807, 2.05) is 38.1 Å². The predicted octanol–water partition coefficient (Wildman–Crippen LogP) is 0.614. The number of furan rings is 1. The number of hydrogen-bond acceptors (Lipinski definition) is 4. The molecule has 1 aliphatic heterocycles. The van der Waals surface area contributed by atoms with Crippen LogP contribution in [0.25, 0.3) is 0 Å². The van der Waals surface area contributed by atoms with Gasteiger partial charge in [0.15, 0.2) is 0 Å². The lowest BCUT2D eigenvalue weighted by atomic mass is 10.1. The van der Waals surface area contributed by atoms with E-state index < -0.39 is 0 Å². The molecule has 6 heteroatoms. The minimum absolute atomic E-state index is 0.0178. The van der Waals surface area contributed by atoms with E-state index in [0.717, 1.165) is 18.1 Å². The third-order valence-electron chi connectivity index (χ3n) is 3.60. The van der Waals surface area contributed by atoms with Gasteiger partial charge in [-0.2, -0.15) is 0 Å². The summed E-state index contributed by atoms with van der Waals surface area (Å²) in [6, 6.07) is 3.79. The molecule has 0 spiro atoms. The summed E-state index contributed by atoms with van der Waals surface area (Å²) >= 11 is 0. The molecule has 0 radical (unpaired) electrons. The van der Waals surface area contributed by atoms with Gasteiger partial charge in [-0.1, -0.05) is 0 Å². The summed E-state index contributed by atoms with van der Waals surface area (Å²) in [7, 11) is 3.95. The Labute approximate surface area is 125 Å². The van der Waals surface area contributed by atoms with Crippen LogP contribution in [0.15, 0.2) is 16.5 Å². The summed E-state index contributed by atoms with van der Waals surface area (Å²) in [6.07, 6.45) is 0.286. The maximum Gasteiger partial charge on any atom is 0.228 e. The van der Waals surface area contributed by atoms with Crippen LogP contribution in [0.3, 0.4) is 0 Å². The fraction of sp³-hybridized carbons (Fsp3) is 0.600. The van der Waals surface area contributed by atoms with E-state index in [9.17, 15) is 9.59 Å². The summed E-state index contributed by atoms with van der Waals surface area (Å²) in [6.45, 7) is 4.17. The van der Waals surface area contributed by atoms with Crippen molar-refractivity contribution >= 4 is 11.8 Å². The zero-order valence-corrected chi connectivity index (χ0v) is 12.9. The molecule has 1 unspecified atom stereocenters. The number of hydrogen-bond donors (Lipinski definition) is 1. The highest BCUT2D eigenvalue weighted by atomic mass is 16.3. The molecule has 2 rings (SSSR count). The molecule has 1 aliphatic rings. The predicted molar refractivity (Wildman–Crippen MR) is 78.5 cm³/mol. The van der Waals surface area contributed by atoms with E-state index >= 15 is 0 Å². The monoisotopic (exact) mass is 293 g/mol. The first-order valence-corrected chi connectivity index (χ1v) is 7.21. The molecule has 0 aromatic carbocycles. The Morgan fingerprint density at radius 3 is 2.67 bits per heavy atom. The van der Waals surface area contributed by atoms with Gasteiger partial charge in [-0.05, 0) is 33.2 Å². The van der Waals surface area contributed by atoms with Gasteiger partial charge >= 0.3 is 0 Å². The van der Waals surface area contributed by atoms with E-state index in [-0.39, 0.29) is 24.2 Å². The highest BCUT2D eigenvalue weighted by Gasteiger charge is 2.31. The number of rotatable bonds is 6. The van der Waals surface area contributed by atoms with Crippen LogP contribution in [0.4, 0.5) is 0 Å². The average Bonchev–Trinajstić information content (AvgIpc) is 3.02. The van der Waals surface area contributed by atoms with Gasteiger partial charge in [-0.15, -0.1) is 0 Å². The van der Waals surface area contributed by atoms with Crippen molar-refractivity contribution in [3.63, 3.8) is 0 Å². The first kappa shape index (κ1) is 15.6. The van der Waals surface area contributed by atoms with Crippen molar-refractivity contribution in [3.8, 4) is 0 Å². The van der Waals surface area contributed by atoms with E-state index in [1.165, 1.54) is 0 Å². The van der Waals surface area contributed by atoms with Crippen molar-refractivity contribution in [2.75, 3.05) is 33.7 Å². The molecule has 1 saturated heterocycles. The fourth-order valence-electron chi connectivity index (χ4n) is 2.38. The van der Waals surface area contributed by atoms with E-state index in [0.29, 0.717) is 19.6 Å². The second-order valence-electron chi connectivity index (χ2n) is 5.78. The second kappa shape index (κ2) is 6.76. The number of carbonyl (C=O) groups excluding carboxylic acids is 2. The van der Waals surface area contributed by atoms with Gasteiger partial charge < -0.3 is 19.5 Å². The highest BCUT2D eigenvalue weighted by Crippen LogP contribution is 2.16. The average molecular weight is 293 g/mol. The number of carbonyl (C=O) groups is 2. The van der Waals surface area contributed by atoms with Crippen molar-refractivity contribution in [1.82, 2.24) is 15.1 Å². The Morgan fingerprint density at radius 2 is 2.14 bits per heavy atom. The molecule has 0 saturated carbocycles. The van der Waals surface area contributed by atoms with Crippen LogP contribution < -0.4 is 5.32 Å². The first-order chi connectivity index (χ1) is 9.95. The van der Waals surface area contributed by atoms with Crippen molar-refractivity contribution in [3.05, 3.63) is 23.7 Å². The second-order valence-corrected chi connectivity index (χ2v) is 5.78. The molecule has 1 fully saturated rings. The van der Waals surface area contributed by atoms with Crippen molar-refractivity contribution in [2.24, 2.45) is 5.92 Å². The van der Waals surface area contributed by atoms with Gasteiger partial charge in [-0.3, -0.25) is 9.59 Å². The SMILES string of the molecule is Cc1ccc(CN(CCN(C)C)C(=O)C2CNC(=O)C2)o1. The summed E-state index contributed by atoms with van der Waals surface area (Å²) < 4.78 is 5.56. The Hall–Kier alpha value is -1.82. The Morgan fingerprint density at radius 1 is 1.38 bits per heavy atom. The minimum atomic E-state index is -0.254. The van der Waals surface area contributed by atoms with Crippen molar-refractivity contribution < 1.29 is 14.0 Å². The van der Waals surface area contributed by atoms with Gasteiger partial charge in [0.25, 0.3) is 0 Å². The Bertz CT molecular complexity index is 510. The largest absolute Gasteiger partial charge is 0.464 e. The smallest absolute Gasteiger partial charge is 0.228 e. The van der Waals surface area contributed by atoms with Crippen LogP contribution >= 0.6 is 0 Å². The first-order valence-electron chi connectivity index (χ1n) is 7.21. The van der Waals surface area contributed by atoms with Crippen molar-refractivity contribution in [2.45, 2.75) is 19.9 Å². The number of likely N-dealkylation sites (N-methyl/N-ethyl adjacent to an activating group) is 1. The van der Waals surface area contributed by atoms with Crippen LogP contribution in [0, 0.1) is 12.8 Å². The number of nitrogens with zero attached hydrogens (tertiary/aromatic N) is 2. The lowest BCUT2D eigenvalue weighted by Gasteiger charge is -2.25. The highest BCUT2D eigenvalue weighted by molar-refractivity contribution is 5.89. The van der Waals surface area contributed by atoms with Gasteiger partial charge in [-0.25, -0.2) is 0 Å². The van der Waals surface area contributed by atoms with Gasteiger partial charge in [0.2, 0.25) is 11.8 Å². The zero-order valence-electron chi connectivity index (χ0n) is 12.9. The summed E-state index contributed by atoms with van der Waals surface area (Å²) in [4.78, 5) is 27.7. The molecule has 21 heavy (non-hydrogen) atoms. The third-order valence-corrected chi connectivity index (χ3v) is 3.60. The van der Waals surface area contributed by atoms with Crippen LogP contribution in [0.1, 0.15) is 17.9 Å². The van der Waals surface area contributed by atoms with Gasteiger partial charge in [0, 0.05) is 26.1 Å². The third kappa shape index (κ3) is 4.32. The van der Waals surface area contributed by atoms with Gasteiger partial charge in [0.1, 0.15) is 11.5 Å². The molecule has 0 bridgehead atoms. The van der Waals surface area contributed by atoms with Crippen molar-refractivity contribution in [1.29, 1.82) is 0 Å². The maximum absolute atomic E-state index is 12.6. The lowest BCUT2D eigenvalue weighted by Crippen LogP contribution is -2.40. The summed E-state index contributed by atoms with van der Waals surface area (Å²) in [5.41, 5.74) is 0. The normalized spacial score (nSPS) is 18.1. The Balaban J connectivity index is 2.03. The number of aryl methyl sites for hydroxylation is 1. The molecule has 1 aromatic heterocycles. The van der Waals surface area contributed by atoms with Crippen LogP contribution in [0.5, 0.6) is 0 Å². The standard InChI is InChI=1S/C15H23N3O3/c1-11-4-5-13(21-11)10-18(7-6-17(2)3)15(20)12-8-14(19)16-9-12/h4-5,12H,6-10H2,1-3H3,(H,16,19). The number of amides is 2. The van der Waals surface area contributed by atoms with E-state index in [1.54, 1.807) is 4.90 Å². The topological polar surface area (TPSA) is 65.8 Å². The van der Waals surface area contributed by atoms with E-state index in [4.69, 9.17) is 4.42 Å². The summed E-state index contributed by atoms with van der Waals surface area (Å²) in [5.74, 6) is 1.33. The maximum atomic E-state index is 12.6. The van der Waals surface area contributed by atoms with Crippen LogP contribution in [-0.4, -0.2) is 55.3 Å². The molecule has 1 aromatic rings. The van der Waals surface area contributed by atoms with Crippen LogP contribution in [-0.2, 0) is 16.1 Å². The molecule has 0 aliphatic carbocycles. The fourth-order valence-corrected chi connectivity index (χ4v) is 2.38. The zero-order chi connectivity index (χ0) is 15.4. The molecule has 1 N–H and O–H groups in total. The lowest BCUT2D eigenvalue weighted by molar-refractivity contribution is -0.136. The Kier molecular flexibility index (Phi) is 5.01. The molecule has 2 amide bonds. The quantitative estimate of drug-likeness (QED) is 0.835. The van der Waals surface area contributed by atoms with Crippen LogP contribution in [0.2, 0.25) is 0 Å². The summed E-state index contributed by atoms with van der Waals surface area (Å²) in [5, 5.41) is 2.72. The molecular formula is C15H23N3O3. The van der Waals surface area contributed by atoms with Gasteiger partial charge in [0.05, 0.1) is 12.5 Å². The molecule has 2 heterocycles. The number of nitrogens with one attached hydrogen (secondary N) is 1. The molecular weight excluding hydrogens is 270 g/mol. The molecule has 6 nitrogen and oxygen atoms in total. The van der Waals surface area contributed by atoms with E-state index in [2.05, 4.69) is 5.32 Å². The molecule has 116 valence electrons. The minimum Gasteiger partial charge on any atom is -0.464 e.